The first kappa shape index (κ1) is 30.8. The van der Waals surface area contributed by atoms with E-state index >= 15 is 0 Å². The normalized spacial score (nSPS) is 11.4. The van der Waals surface area contributed by atoms with Crippen molar-refractivity contribution >= 4 is 40.6 Å². The third kappa shape index (κ3) is 6.38. The Balaban J connectivity index is 1.95. The van der Waals surface area contributed by atoms with Gasteiger partial charge in [0.15, 0.2) is 17.2 Å². The molecule has 0 bridgehead atoms. The molecule has 5 N–H and O–H groups in total. The Kier molecular flexibility index (Phi) is 9.51. The van der Waals surface area contributed by atoms with Gasteiger partial charge in [0.05, 0.1) is 27.0 Å². The fourth-order valence-corrected chi connectivity index (χ4v) is 5.30. The van der Waals surface area contributed by atoms with Gasteiger partial charge in [-0.25, -0.2) is 0 Å². The summed E-state index contributed by atoms with van der Waals surface area (Å²) in [6.45, 7) is 4.04. The molecular weight excluding hydrogens is 570 g/mol. The van der Waals surface area contributed by atoms with E-state index in [9.17, 15) is 14.4 Å². The second kappa shape index (κ2) is 13.3. The molecule has 11 nitrogen and oxygen atoms in total. The molecule has 0 aliphatic rings. The van der Waals surface area contributed by atoms with Gasteiger partial charge in [-0.15, -0.1) is 0 Å². The van der Waals surface area contributed by atoms with Crippen LogP contribution in [0.3, 0.4) is 0 Å². The van der Waals surface area contributed by atoms with Crippen molar-refractivity contribution in [3.05, 3.63) is 93.5 Å². The molecule has 4 rings (SSSR count). The Morgan fingerprint density at radius 1 is 0.930 bits per heavy atom. The van der Waals surface area contributed by atoms with Crippen LogP contribution in [0.4, 0.5) is 11.4 Å². The molecule has 43 heavy (non-hydrogen) atoms. The van der Waals surface area contributed by atoms with Crippen molar-refractivity contribution in [2.75, 3.05) is 32.0 Å². The van der Waals surface area contributed by atoms with Crippen molar-refractivity contribution in [3.63, 3.8) is 0 Å². The topological polar surface area (TPSA) is 159 Å². The number of aryl methyl sites for hydroxylation is 2. The number of ether oxygens (including phenoxy) is 3. The number of carbonyl (C=O) groups excluding carboxylic acids is 3. The molecule has 0 fully saturated rings. The summed E-state index contributed by atoms with van der Waals surface area (Å²) in [6, 6.07) is 16.7. The average molecular weight is 604 g/mol. The first-order valence-corrected chi connectivity index (χ1v) is 14.0. The third-order valence-corrected chi connectivity index (χ3v) is 7.81. The van der Waals surface area contributed by atoms with Crippen LogP contribution in [0.2, 0.25) is 0 Å². The van der Waals surface area contributed by atoms with Gasteiger partial charge in [-0.05, 0) is 71.9 Å². The average Bonchev–Trinajstić information content (AvgIpc) is 3.40. The molecule has 3 amide bonds. The zero-order chi connectivity index (χ0) is 31.3. The lowest BCUT2D eigenvalue weighted by Gasteiger charge is -2.32. The Morgan fingerprint density at radius 2 is 1.58 bits per heavy atom. The minimum atomic E-state index is -1.26. The van der Waals surface area contributed by atoms with E-state index in [4.69, 9.17) is 25.7 Å². The number of aromatic nitrogens is 1. The van der Waals surface area contributed by atoms with E-state index in [0.29, 0.717) is 28.5 Å². The van der Waals surface area contributed by atoms with Crippen LogP contribution < -0.4 is 35.9 Å². The molecule has 0 radical (unpaired) electrons. The lowest BCUT2D eigenvalue weighted by Crippen LogP contribution is -2.44. The van der Waals surface area contributed by atoms with E-state index < -0.39 is 23.8 Å². The molecule has 1 heterocycles. The van der Waals surface area contributed by atoms with Gasteiger partial charge in [0.25, 0.3) is 11.8 Å². The highest BCUT2D eigenvalue weighted by Gasteiger charge is 2.37. The van der Waals surface area contributed by atoms with Gasteiger partial charge in [0.2, 0.25) is 11.7 Å². The van der Waals surface area contributed by atoms with Crippen LogP contribution >= 0.6 is 11.5 Å². The van der Waals surface area contributed by atoms with E-state index in [1.165, 1.54) is 26.2 Å². The second-order valence-electron chi connectivity index (χ2n) is 9.65. The van der Waals surface area contributed by atoms with Crippen molar-refractivity contribution in [2.24, 2.45) is 5.73 Å². The van der Waals surface area contributed by atoms with Gasteiger partial charge < -0.3 is 31.0 Å². The molecule has 0 saturated heterocycles. The number of nitrogens with zero attached hydrogens (tertiary/aromatic N) is 2. The molecule has 0 aliphatic carbocycles. The number of nitrogens with one attached hydrogen (secondary N) is 1. The number of rotatable bonds is 11. The number of hydrogen-bond acceptors (Lipinski definition) is 9. The van der Waals surface area contributed by atoms with Crippen molar-refractivity contribution < 1.29 is 28.6 Å². The number of primary amides is 1. The predicted octanol–water partition coefficient (Wildman–Crippen LogP) is 4.17. The first-order valence-electron chi connectivity index (χ1n) is 13.2. The highest BCUT2D eigenvalue weighted by Crippen LogP contribution is 2.42. The standard InChI is InChI=1S/C31H33N5O6S/c1-17-11-12-21(13-18(17)2)36(31(39)28-24(32)25(29(33)37)35-43-28)26(30(38)34-16-19-9-7-6-8-10-19)20-14-22(40-3)27(42-5)23(15-20)41-4/h6-15,26H,16,32H2,1-5H3,(H2,33,37)(H,34,38)/t26-/m0/s1. The summed E-state index contributed by atoms with van der Waals surface area (Å²) >= 11 is 0.731. The van der Waals surface area contributed by atoms with E-state index in [-0.39, 0.29) is 22.8 Å². The monoisotopic (exact) mass is 603 g/mol. The summed E-state index contributed by atoms with van der Waals surface area (Å²) in [6.07, 6.45) is 0. The minimum Gasteiger partial charge on any atom is -0.493 e. The summed E-state index contributed by atoms with van der Waals surface area (Å²) in [5, 5.41) is 2.96. The molecule has 4 aromatic rings. The van der Waals surface area contributed by atoms with Crippen molar-refractivity contribution in [1.29, 1.82) is 0 Å². The molecular formula is C31H33N5O6S. The number of hydrogen-bond donors (Lipinski definition) is 3. The summed E-state index contributed by atoms with van der Waals surface area (Å²) < 4.78 is 20.7. The molecule has 0 unspecified atom stereocenters. The quantitative estimate of drug-likeness (QED) is 0.230. The van der Waals surface area contributed by atoms with Crippen LogP contribution in [0, 0.1) is 13.8 Å². The second-order valence-corrected chi connectivity index (χ2v) is 10.4. The Labute approximate surface area is 253 Å². The molecule has 1 aromatic heterocycles. The summed E-state index contributed by atoms with van der Waals surface area (Å²) in [4.78, 5) is 41.9. The van der Waals surface area contributed by atoms with Crippen molar-refractivity contribution in [2.45, 2.75) is 26.4 Å². The summed E-state index contributed by atoms with van der Waals surface area (Å²) in [5.41, 5.74) is 14.8. The van der Waals surface area contributed by atoms with Crippen LogP contribution in [0.15, 0.2) is 60.7 Å². The largest absolute Gasteiger partial charge is 0.493 e. The lowest BCUT2D eigenvalue weighted by atomic mass is 10.00. The molecule has 0 aliphatic heterocycles. The van der Waals surface area contributed by atoms with Crippen LogP contribution in [-0.4, -0.2) is 43.4 Å². The van der Waals surface area contributed by atoms with Crippen LogP contribution in [0.1, 0.15) is 48.5 Å². The van der Waals surface area contributed by atoms with Gasteiger partial charge in [-0.1, -0.05) is 36.4 Å². The van der Waals surface area contributed by atoms with Gasteiger partial charge in [0, 0.05) is 12.2 Å². The molecule has 3 aromatic carbocycles. The molecule has 0 saturated carbocycles. The van der Waals surface area contributed by atoms with Gasteiger partial charge in [0.1, 0.15) is 10.9 Å². The molecule has 1 atom stereocenters. The zero-order valence-electron chi connectivity index (χ0n) is 24.5. The van der Waals surface area contributed by atoms with Crippen molar-refractivity contribution in [3.8, 4) is 17.2 Å². The highest BCUT2D eigenvalue weighted by molar-refractivity contribution is 7.09. The van der Waals surface area contributed by atoms with Gasteiger partial charge in [-0.2, -0.15) is 4.37 Å². The SMILES string of the molecule is COc1cc([C@@H](C(=O)NCc2ccccc2)N(C(=O)c2snc(C(N)=O)c2N)c2ccc(C)c(C)c2)cc(OC)c1OC. The number of amides is 3. The minimum absolute atomic E-state index is 0.0414. The third-order valence-electron chi connectivity index (χ3n) is 6.96. The Bertz CT molecular complexity index is 1630. The van der Waals surface area contributed by atoms with Crippen LogP contribution in [-0.2, 0) is 11.3 Å². The smallest absolute Gasteiger partial charge is 0.273 e. The number of nitrogen functional groups attached to an aromatic ring is 1. The maximum atomic E-state index is 14.4. The number of nitrogens with two attached hydrogens (primary N) is 2. The number of carbonyl (C=O) groups is 3. The van der Waals surface area contributed by atoms with Crippen LogP contribution in [0.5, 0.6) is 17.2 Å². The fraction of sp³-hybridized carbons (Fsp3) is 0.226. The zero-order valence-corrected chi connectivity index (χ0v) is 25.3. The number of benzene rings is 3. The van der Waals surface area contributed by atoms with Gasteiger partial charge in [-0.3, -0.25) is 19.3 Å². The summed E-state index contributed by atoms with van der Waals surface area (Å²) in [5.74, 6) is -1.12. The summed E-state index contributed by atoms with van der Waals surface area (Å²) in [7, 11) is 4.39. The maximum Gasteiger partial charge on any atom is 0.273 e. The van der Waals surface area contributed by atoms with Crippen molar-refractivity contribution in [1.82, 2.24) is 9.69 Å². The molecule has 12 heteroatoms. The van der Waals surface area contributed by atoms with E-state index in [0.717, 1.165) is 28.2 Å². The van der Waals surface area contributed by atoms with E-state index in [2.05, 4.69) is 9.69 Å². The number of anilines is 2. The fourth-order valence-electron chi connectivity index (χ4n) is 4.56. The lowest BCUT2D eigenvalue weighted by molar-refractivity contribution is -0.122. The first-order chi connectivity index (χ1) is 20.6. The molecule has 224 valence electrons. The predicted molar refractivity (Wildman–Crippen MR) is 165 cm³/mol. The Hall–Kier alpha value is -5.10. The van der Waals surface area contributed by atoms with E-state index in [1.54, 1.807) is 24.3 Å². The molecule has 0 spiro atoms. The van der Waals surface area contributed by atoms with Gasteiger partial charge >= 0.3 is 0 Å². The van der Waals surface area contributed by atoms with Crippen LogP contribution in [0.25, 0.3) is 0 Å². The number of methoxy groups -OCH3 is 3. The Morgan fingerprint density at radius 3 is 2.12 bits per heavy atom. The van der Waals surface area contributed by atoms with E-state index in [1.807, 2.05) is 50.2 Å². The highest BCUT2D eigenvalue weighted by atomic mass is 32.1. The maximum absolute atomic E-state index is 14.4.